The zero-order valence-corrected chi connectivity index (χ0v) is 16.1. The lowest BCUT2D eigenvalue weighted by atomic mass is 9.97. The highest BCUT2D eigenvalue weighted by atomic mass is 16.5. The summed E-state index contributed by atoms with van der Waals surface area (Å²) in [5.41, 5.74) is 7.29. The minimum atomic E-state index is -0.593. The fourth-order valence-corrected chi connectivity index (χ4v) is 3.62. The number of esters is 1. The largest absolute Gasteiger partial charge is 0.451 e. The highest BCUT2D eigenvalue weighted by Gasteiger charge is 2.31. The summed E-state index contributed by atoms with van der Waals surface area (Å²) in [7, 11) is 0. The molecule has 1 aliphatic carbocycles. The van der Waals surface area contributed by atoms with Crippen molar-refractivity contribution in [2.75, 3.05) is 19.7 Å². The van der Waals surface area contributed by atoms with Gasteiger partial charge in [0, 0.05) is 19.0 Å². The molecule has 2 aromatic rings. The molecule has 1 atom stereocenters. The molecule has 8 nitrogen and oxygen atoms in total. The van der Waals surface area contributed by atoms with Gasteiger partial charge in [-0.05, 0) is 43.9 Å². The Hall–Kier alpha value is -3.16. The van der Waals surface area contributed by atoms with Crippen molar-refractivity contribution in [1.82, 2.24) is 14.7 Å². The second kappa shape index (κ2) is 8.06. The molecule has 0 spiro atoms. The first-order valence-electron chi connectivity index (χ1n) is 9.92. The first-order chi connectivity index (χ1) is 14.0. The summed E-state index contributed by atoms with van der Waals surface area (Å²) in [5.74, 6) is -1.28. The van der Waals surface area contributed by atoms with Crippen molar-refractivity contribution in [2.45, 2.75) is 31.6 Å². The van der Waals surface area contributed by atoms with Gasteiger partial charge < -0.3 is 15.4 Å². The third-order valence-corrected chi connectivity index (χ3v) is 5.44. The van der Waals surface area contributed by atoms with E-state index < -0.39 is 11.9 Å². The average molecular weight is 396 g/mol. The lowest BCUT2D eigenvalue weighted by Crippen LogP contribution is -2.45. The molecule has 1 aliphatic heterocycles. The lowest BCUT2D eigenvalue weighted by molar-refractivity contribution is -0.137. The molecule has 2 fully saturated rings. The van der Waals surface area contributed by atoms with E-state index in [0.29, 0.717) is 31.0 Å². The van der Waals surface area contributed by atoms with Crippen LogP contribution in [0.25, 0.3) is 5.69 Å². The molecule has 0 radical (unpaired) electrons. The highest BCUT2D eigenvalue weighted by Crippen LogP contribution is 2.39. The van der Waals surface area contributed by atoms with E-state index in [0.717, 1.165) is 24.2 Å². The van der Waals surface area contributed by atoms with E-state index in [9.17, 15) is 14.4 Å². The number of nitrogens with zero attached hydrogens (tertiary/aromatic N) is 3. The zero-order valence-electron chi connectivity index (χ0n) is 16.1. The number of likely N-dealkylation sites (tertiary alicyclic amines) is 1. The van der Waals surface area contributed by atoms with Crippen molar-refractivity contribution in [3.05, 3.63) is 47.8 Å². The van der Waals surface area contributed by atoms with Crippen LogP contribution < -0.4 is 5.73 Å². The maximum Gasteiger partial charge on any atom is 0.357 e. The maximum absolute atomic E-state index is 12.7. The van der Waals surface area contributed by atoms with Gasteiger partial charge in [0.2, 0.25) is 5.91 Å². The number of nitrogens with two attached hydrogens (primary N) is 1. The number of benzene rings is 1. The van der Waals surface area contributed by atoms with Crippen LogP contribution in [0.1, 0.15) is 47.8 Å². The summed E-state index contributed by atoms with van der Waals surface area (Å²) in [4.78, 5) is 38.1. The van der Waals surface area contributed by atoms with Crippen molar-refractivity contribution < 1.29 is 19.1 Å². The van der Waals surface area contributed by atoms with Crippen molar-refractivity contribution in [1.29, 1.82) is 0 Å². The topological polar surface area (TPSA) is 108 Å². The minimum Gasteiger partial charge on any atom is -0.451 e. The summed E-state index contributed by atoms with van der Waals surface area (Å²) in [6, 6.07) is 11.1. The number of rotatable bonds is 6. The Kier molecular flexibility index (Phi) is 5.33. The van der Waals surface area contributed by atoms with E-state index in [-0.39, 0.29) is 25.0 Å². The molecule has 8 heteroatoms. The molecule has 152 valence electrons. The van der Waals surface area contributed by atoms with Crippen LogP contribution in [-0.2, 0) is 14.3 Å². The second-order valence-electron chi connectivity index (χ2n) is 7.63. The number of amides is 2. The van der Waals surface area contributed by atoms with Gasteiger partial charge >= 0.3 is 5.97 Å². The third kappa shape index (κ3) is 4.31. The molecule has 1 saturated heterocycles. The molecule has 0 bridgehead atoms. The normalized spacial score (nSPS) is 19.0. The summed E-state index contributed by atoms with van der Waals surface area (Å²) in [6.07, 6.45) is 3.52. The summed E-state index contributed by atoms with van der Waals surface area (Å²) < 4.78 is 6.88. The molecule has 2 heterocycles. The summed E-state index contributed by atoms with van der Waals surface area (Å²) in [5, 5.41) is 4.58. The molecule has 29 heavy (non-hydrogen) atoms. The van der Waals surface area contributed by atoms with Gasteiger partial charge in [-0.25, -0.2) is 9.48 Å². The third-order valence-electron chi connectivity index (χ3n) is 5.44. The van der Waals surface area contributed by atoms with Gasteiger partial charge in [-0.15, -0.1) is 0 Å². The van der Waals surface area contributed by atoms with Crippen LogP contribution in [0.2, 0.25) is 0 Å². The minimum absolute atomic E-state index is 0.277. The van der Waals surface area contributed by atoms with E-state index in [4.69, 9.17) is 10.5 Å². The van der Waals surface area contributed by atoms with Crippen molar-refractivity contribution in [3.63, 3.8) is 0 Å². The molecule has 0 unspecified atom stereocenters. The first-order valence-corrected chi connectivity index (χ1v) is 9.92. The quantitative estimate of drug-likeness (QED) is 0.747. The van der Waals surface area contributed by atoms with E-state index in [1.807, 2.05) is 30.3 Å². The van der Waals surface area contributed by atoms with E-state index in [1.165, 1.54) is 4.90 Å². The summed E-state index contributed by atoms with van der Waals surface area (Å²) in [6.45, 7) is 0.441. The molecule has 1 aromatic carbocycles. The standard InChI is InChI=1S/C21H24N4O4/c22-20(27)15-5-4-10-24(12-15)19(26)13-29-21(28)18-11-17(14-8-9-14)23-25(18)16-6-2-1-3-7-16/h1-3,6-7,11,14-15H,4-5,8-10,12-13H2,(H2,22,27)/t15-/m0/s1. The number of para-hydroxylation sites is 1. The van der Waals surface area contributed by atoms with Gasteiger partial charge in [-0.3, -0.25) is 9.59 Å². The number of aromatic nitrogens is 2. The van der Waals surface area contributed by atoms with E-state index >= 15 is 0 Å². The molecule has 1 saturated carbocycles. The van der Waals surface area contributed by atoms with Crippen molar-refractivity contribution in [2.24, 2.45) is 11.7 Å². The molecular weight excluding hydrogens is 372 g/mol. The van der Waals surface area contributed by atoms with Crippen LogP contribution in [0.15, 0.2) is 36.4 Å². The number of carbonyl (C=O) groups excluding carboxylic acids is 3. The summed E-state index contributed by atoms with van der Waals surface area (Å²) >= 11 is 0. The number of primary amides is 1. The highest BCUT2D eigenvalue weighted by molar-refractivity contribution is 5.90. The lowest BCUT2D eigenvalue weighted by Gasteiger charge is -2.31. The van der Waals surface area contributed by atoms with Gasteiger partial charge in [0.1, 0.15) is 0 Å². The predicted molar refractivity (Wildman–Crippen MR) is 104 cm³/mol. The number of hydrogen-bond acceptors (Lipinski definition) is 5. The van der Waals surface area contributed by atoms with Crippen molar-refractivity contribution >= 4 is 17.8 Å². The smallest absolute Gasteiger partial charge is 0.357 e. The van der Waals surface area contributed by atoms with Crippen LogP contribution in [-0.4, -0.2) is 52.2 Å². The second-order valence-corrected chi connectivity index (χ2v) is 7.63. The van der Waals surface area contributed by atoms with Gasteiger partial charge in [0.15, 0.2) is 12.3 Å². The Morgan fingerprint density at radius 3 is 2.59 bits per heavy atom. The van der Waals surface area contributed by atoms with E-state index in [1.54, 1.807) is 10.7 Å². The Bertz CT molecular complexity index is 920. The number of piperidine rings is 1. The van der Waals surface area contributed by atoms with Crippen LogP contribution in [0.3, 0.4) is 0 Å². The van der Waals surface area contributed by atoms with Crippen LogP contribution >= 0.6 is 0 Å². The predicted octanol–water partition coefficient (Wildman–Crippen LogP) is 1.63. The van der Waals surface area contributed by atoms with Gasteiger partial charge in [-0.2, -0.15) is 5.10 Å². The number of ether oxygens (including phenoxy) is 1. The number of carbonyl (C=O) groups is 3. The van der Waals surface area contributed by atoms with Crippen molar-refractivity contribution in [3.8, 4) is 5.69 Å². The Balaban J connectivity index is 1.44. The van der Waals surface area contributed by atoms with Gasteiger partial charge in [0.05, 0.1) is 17.3 Å². The van der Waals surface area contributed by atoms with Gasteiger partial charge in [0.25, 0.3) is 5.91 Å². The fraction of sp³-hybridized carbons (Fsp3) is 0.429. The molecule has 2 amide bonds. The molecular formula is C21H24N4O4. The fourth-order valence-electron chi connectivity index (χ4n) is 3.62. The average Bonchev–Trinajstić information content (AvgIpc) is 3.50. The Morgan fingerprint density at radius 1 is 1.14 bits per heavy atom. The Morgan fingerprint density at radius 2 is 1.90 bits per heavy atom. The SMILES string of the molecule is NC(=O)[C@H]1CCCN(C(=O)COC(=O)c2cc(C3CC3)nn2-c2ccccc2)C1. The molecule has 1 aromatic heterocycles. The van der Waals surface area contributed by atoms with E-state index in [2.05, 4.69) is 5.10 Å². The molecule has 4 rings (SSSR count). The van der Waals surface area contributed by atoms with Crippen LogP contribution in [0.4, 0.5) is 0 Å². The van der Waals surface area contributed by atoms with Crippen LogP contribution in [0, 0.1) is 5.92 Å². The molecule has 2 aliphatic rings. The van der Waals surface area contributed by atoms with Crippen LogP contribution in [0.5, 0.6) is 0 Å². The Labute approximate surface area is 168 Å². The number of hydrogen-bond donors (Lipinski definition) is 1. The monoisotopic (exact) mass is 396 g/mol. The zero-order chi connectivity index (χ0) is 20.4. The maximum atomic E-state index is 12.7. The molecule has 2 N–H and O–H groups in total. The first kappa shape index (κ1) is 19.2. The van der Waals surface area contributed by atoms with Gasteiger partial charge in [-0.1, -0.05) is 18.2 Å².